The Labute approximate surface area is 183 Å². The Balaban J connectivity index is 1.76. The Morgan fingerprint density at radius 1 is 1.10 bits per heavy atom. The van der Waals surface area contributed by atoms with Crippen LogP contribution in [0.15, 0.2) is 36.0 Å². The third kappa shape index (κ3) is 6.86. The summed E-state index contributed by atoms with van der Waals surface area (Å²) in [7, 11) is 0. The van der Waals surface area contributed by atoms with Gasteiger partial charge in [0.25, 0.3) is 0 Å². The van der Waals surface area contributed by atoms with E-state index < -0.39 is 0 Å². The van der Waals surface area contributed by atoms with E-state index in [9.17, 15) is 0 Å². The van der Waals surface area contributed by atoms with Gasteiger partial charge < -0.3 is 0 Å². The molecule has 166 valence electrons. The molecule has 0 heteroatoms. The van der Waals surface area contributed by atoms with Gasteiger partial charge in [0.15, 0.2) is 0 Å². The largest absolute Gasteiger partial charge is 0.0996 e. The van der Waals surface area contributed by atoms with Gasteiger partial charge in [0.1, 0.15) is 0 Å². The number of fused-ring (bicyclic) bond motifs is 1. The minimum absolute atomic E-state index is 0.487. The third-order valence-electron chi connectivity index (χ3n) is 8.29. The maximum absolute atomic E-state index is 4.53. The van der Waals surface area contributed by atoms with Crippen LogP contribution in [-0.2, 0) is 0 Å². The Bertz CT molecular complexity index is 573. The van der Waals surface area contributed by atoms with Gasteiger partial charge in [-0.3, -0.25) is 0 Å². The molecule has 1 unspecified atom stereocenters. The molecule has 0 aliphatic heterocycles. The van der Waals surface area contributed by atoms with Gasteiger partial charge in [0, 0.05) is 0 Å². The van der Waals surface area contributed by atoms with Crippen molar-refractivity contribution < 1.29 is 0 Å². The summed E-state index contributed by atoms with van der Waals surface area (Å²) in [4.78, 5) is 0. The van der Waals surface area contributed by atoms with Crippen LogP contribution in [0.2, 0.25) is 0 Å². The molecule has 0 saturated heterocycles. The van der Waals surface area contributed by atoms with E-state index in [4.69, 9.17) is 0 Å². The van der Waals surface area contributed by atoms with E-state index in [0.717, 1.165) is 17.8 Å². The van der Waals surface area contributed by atoms with Gasteiger partial charge in [-0.05, 0) is 99.7 Å². The van der Waals surface area contributed by atoms with Crippen molar-refractivity contribution in [2.75, 3.05) is 0 Å². The van der Waals surface area contributed by atoms with Gasteiger partial charge in [0.05, 0.1) is 0 Å². The zero-order valence-corrected chi connectivity index (χ0v) is 20.7. The predicted molar refractivity (Wildman–Crippen MR) is 131 cm³/mol. The van der Waals surface area contributed by atoms with Crippen LogP contribution in [0, 0.1) is 28.6 Å². The predicted octanol–water partition coefficient (Wildman–Crippen LogP) is 9.67. The van der Waals surface area contributed by atoms with Crippen molar-refractivity contribution in [1.29, 1.82) is 0 Å². The first-order valence-corrected chi connectivity index (χ1v) is 12.6. The molecule has 0 heterocycles. The topological polar surface area (TPSA) is 0 Å². The van der Waals surface area contributed by atoms with Crippen LogP contribution in [0.3, 0.4) is 0 Å². The smallest absolute Gasteiger partial charge is 0.0146 e. The molecule has 3 atom stereocenters. The molecule has 0 radical (unpaired) electrons. The van der Waals surface area contributed by atoms with Crippen molar-refractivity contribution in [3.63, 3.8) is 0 Å². The van der Waals surface area contributed by atoms with Crippen LogP contribution in [-0.4, -0.2) is 0 Å². The highest BCUT2D eigenvalue weighted by molar-refractivity contribution is 5.16. The fourth-order valence-electron chi connectivity index (χ4n) is 6.62. The molecule has 2 aliphatic carbocycles. The number of allylic oxidation sites excluding steroid dienone is 5. The first-order valence-electron chi connectivity index (χ1n) is 12.6. The Kier molecular flexibility index (Phi) is 9.30. The molecule has 0 spiro atoms. The number of hydrogen-bond donors (Lipinski definition) is 0. The fraction of sp³-hybridized carbons (Fsp3) is 0.793. The van der Waals surface area contributed by atoms with E-state index >= 15 is 0 Å². The van der Waals surface area contributed by atoms with Crippen LogP contribution >= 0.6 is 0 Å². The van der Waals surface area contributed by atoms with E-state index in [1.54, 1.807) is 11.1 Å². The van der Waals surface area contributed by atoms with Crippen molar-refractivity contribution in [1.82, 2.24) is 0 Å². The molecule has 0 aromatic heterocycles. The standard InChI is InChI=1S/C29H50/c1-23(2)15-13-17-24(3)16-11-9-8-10-12-18-26-25(4)19-20-27-28(5,6)21-14-22-29(26,27)7/h8,10,16,23,26-27H,4,9,11-15,17-22H2,1-3,5-7H3/b10-8+,24-16+/t26-,27?,29+/m0/s1. The van der Waals surface area contributed by atoms with Crippen LogP contribution in [0.5, 0.6) is 0 Å². The molecule has 0 bridgehead atoms. The summed E-state index contributed by atoms with van der Waals surface area (Å²) >= 11 is 0. The molecule has 2 fully saturated rings. The highest BCUT2D eigenvalue weighted by Gasteiger charge is 2.52. The Morgan fingerprint density at radius 2 is 1.83 bits per heavy atom. The fourth-order valence-corrected chi connectivity index (χ4v) is 6.62. The zero-order valence-electron chi connectivity index (χ0n) is 20.7. The lowest BCUT2D eigenvalue weighted by Gasteiger charge is -2.58. The summed E-state index contributed by atoms with van der Waals surface area (Å²) in [5, 5.41) is 0. The third-order valence-corrected chi connectivity index (χ3v) is 8.29. The summed E-state index contributed by atoms with van der Waals surface area (Å²) in [6.45, 7) is 19.1. The van der Waals surface area contributed by atoms with Crippen LogP contribution in [0.4, 0.5) is 0 Å². The van der Waals surface area contributed by atoms with E-state index in [1.807, 2.05) is 0 Å². The second-order valence-electron chi connectivity index (χ2n) is 11.6. The molecular weight excluding hydrogens is 348 g/mol. The van der Waals surface area contributed by atoms with Gasteiger partial charge in [-0.15, -0.1) is 0 Å². The molecule has 0 amide bonds. The minimum atomic E-state index is 0.487. The van der Waals surface area contributed by atoms with Gasteiger partial charge in [-0.2, -0.15) is 0 Å². The lowest BCUT2D eigenvalue weighted by molar-refractivity contribution is -0.0537. The molecule has 2 rings (SSSR count). The second kappa shape index (κ2) is 11.0. The molecular formula is C29H50. The lowest BCUT2D eigenvalue weighted by atomic mass is 9.47. The second-order valence-corrected chi connectivity index (χ2v) is 11.6. The maximum atomic E-state index is 4.53. The van der Waals surface area contributed by atoms with Crippen molar-refractivity contribution in [2.45, 2.75) is 119 Å². The monoisotopic (exact) mass is 398 g/mol. The van der Waals surface area contributed by atoms with Gasteiger partial charge in [0.2, 0.25) is 0 Å². The molecule has 0 N–H and O–H groups in total. The first kappa shape index (κ1) is 24.5. The summed E-state index contributed by atoms with van der Waals surface area (Å²) in [6.07, 6.45) is 23.1. The van der Waals surface area contributed by atoms with E-state index in [-0.39, 0.29) is 0 Å². The molecule has 2 aliphatic rings. The molecule has 0 aromatic rings. The van der Waals surface area contributed by atoms with Crippen LogP contribution in [0.25, 0.3) is 0 Å². The average molecular weight is 399 g/mol. The molecule has 0 nitrogen and oxygen atoms in total. The summed E-state index contributed by atoms with van der Waals surface area (Å²) in [5.41, 5.74) is 4.13. The first-order chi connectivity index (χ1) is 13.7. The van der Waals surface area contributed by atoms with Crippen LogP contribution < -0.4 is 0 Å². The summed E-state index contributed by atoms with van der Waals surface area (Å²) < 4.78 is 0. The Hall–Kier alpha value is -0.780. The van der Waals surface area contributed by atoms with Gasteiger partial charge >= 0.3 is 0 Å². The Morgan fingerprint density at radius 3 is 2.55 bits per heavy atom. The molecule has 2 saturated carbocycles. The van der Waals surface area contributed by atoms with E-state index in [0.29, 0.717) is 10.8 Å². The SMILES string of the molecule is C=C1CCC2C(C)(C)CCC[C@]2(C)[C@H]1CC/C=C/CC/C=C(\C)CCCC(C)C. The lowest BCUT2D eigenvalue weighted by Crippen LogP contribution is -2.49. The zero-order chi connectivity index (χ0) is 21.5. The molecule has 29 heavy (non-hydrogen) atoms. The van der Waals surface area contributed by atoms with Crippen molar-refractivity contribution in [3.05, 3.63) is 36.0 Å². The van der Waals surface area contributed by atoms with Gasteiger partial charge in [-0.1, -0.05) is 83.4 Å². The minimum Gasteiger partial charge on any atom is -0.0996 e. The van der Waals surface area contributed by atoms with Crippen molar-refractivity contribution >= 4 is 0 Å². The highest BCUT2D eigenvalue weighted by Crippen LogP contribution is 2.61. The summed E-state index contributed by atoms with van der Waals surface area (Å²) in [6, 6.07) is 0. The maximum Gasteiger partial charge on any atom is -0.0146 e. The van der Waals surface area contributed by atoms with Crippen molar-refractivity contribution in [2.24, 2.45) is 28.6 Å². The normalized spacial score (nSPS) is 30.2. The number of hydrogen-bond acceptors (Lipinski definition) is 0. The summed E-state index contributed by atoms with van der Waals surface area (Å²) in [5.74, 6) is 2.45. The van der Waals surface area contributed by atoms with Crippen molar-refractivity contribution in [3.8, 4) is 0 Å². The van der Waals surface area contributed by atoms with Gasteiger partial charge in [-0.25, -0.2) is 0 Å². The quantitative estimate of drug-likeness (QED) is 0.254. The van der Waals surface area contributed by atoms with E-state index in [1.165, 1.54) is 77.0 Å². The van der Waals surface area contributed by atoms with Crippen LogP contribution in [0.1, 0.15) is 119 Å². The van der Waals surface area contributed by atoms with E-state index in [2.05, 4.69) is 66.3 Å². The highest BCUT2D eigenvalue weighted by atomic mass is 14.6. The molecule has 0 aromatic carbocycles. The number of rotatable bonds is 10. The number of unbranched alkanes of at least 4 members (excludes halogenated alkanes) is 1. The average Bonchev–Trinajstić information content (AvgIpc) is 2.61.